The third-order valence-electron chi connectivity index (χ3n) is 4.95. The summed E-state index contributed by atoms with van der Waals surface area (Å²) in [7, 11) is 1.70. The highest BCUT2D eigenvalue weighted by Gasteiger charge is 2.42. The Hall–Kier alpha value is -2.69. The summed E-state index contributed by atoms with van der Waals surface area (Å²) < 4.78 is 5.86. The molecule has 4 nitrogen and oxygen atoms in total. The van der Waals surface area contributed by atoms with Crippen LogP contribution in [0.15, 0.2) is 66.7 Å². The molecule has 0 aromatic heterocycles. The van der Waals surface area contributed by atoms with Crippen molar-refractivity contribution in [1.29, 1.82) is 0 Å². The number of carbonyl (C=O) groups is 1. The molecule has 0 bridgehead atoms. The van der Waals surface area contributed by atoms with E-state index in [9.17, 15) is 4.79 Å². The number of anilines is 3. The monoisotopic (exact) mass is 412 g/mol. The molecule has 0 aliphatic carbocycles. The SMILES string of the molecule is CN1C(=O)OC(C)(c2ccc(Cl)cc2)c2cc(Nc3cccc(Cl)c3)ccc21. The molecular formula is C22H18Cl2N2O2. The van der Waals surface area contributed by atoms with Crippen LogP contribution in [0, 0.1) is 0 Å². The Bertz CT molecular complexity index is 1050. The average molecular weight is 413 g/mol. The summed E-state index contributed by atoms with van der Waals surface area (Å²) in [6.45, 7) is 1.89. The zero-order valence-electron chi connectivity index (χ0n) is 15.4. The first kappa shape index (κ1) is 18.7. The van der Waals surface area contributed by atoms with Crippen molar-refractivity contribution in [2.75, 3.05) is 17.3 Å². The molecule has 1 aliphatic heterocycles. The second-order valence-corrected chi connectivity index (χ2v) is 7.71. The van der Waals surface area contributed by atoms with Gasteiger partial charge in [0, 0.05) is 39.6 Å². The van der Waals surface area contributed by atoms with Gasteiger partial charge in [0.25, 0.3) is 0 Å². The lowest BCUT2D eigenvalue weighted by molar-refractivity contribution is 0.0524. The van der Waals surface area contributed by atoms with Gasteiger partial charge in [-0.2, -0.15) is 0 Å². The van der Waals surface area contributed by atoms with E-state index in [4.69, 9.17) is 27.9 Å². The van der Waals surface area contributed by atoms with Crippen molar-refractivity contribution in [3.63, 3.8) is 0 Å². The third kappa shape index (κ3) is 3.30. The molecule has 0 saturated carbocycles. The molecule has 0 spiro atoms. The van der Waals surface area contributed by atoms with Crippen LogP contribution in [-0.2, 0) is 10.3 Å². The number of nitrogens with one attached hydrogen (secondary N) is 1. The minimum absolute atomic E-state index is 0.402. The zero-order chi connectivity index (χ0) is 19.9. The highest BCUT2D eigenvalue weighted by molar-refractivity contribution is 6.31. The molecule has 28 heavy (non-hydrogen) atoms. The summed E-state index contributed by atoms with van der Waals surface area (Å²) in [4.78, 5) is 14.0. The van der Waals surface area contributed by atoms with Crippen LogP contribution in [0.1, 0.15) is 18.1 Å². The number of hydrogen-bond donors (Lipinski definition) is 1. The molecule has 1 aliphatic rings. The molecular weight excluding hydrogens is 395 g/mol. The number of nitrogens with zero attached hydrogens (tertiary/aromatic N) is 1. The molecule has 3 aromatic carbocycles. The Morgan fingerprint density at radius 1 is 0.929 bits per heavy atom. The summed E-state index contributed by atoms with van der Waals surface area (Å²) in [6, 6.07) is 20.7. The van der Waals surface area contributed by atoms with E-state index in [0.717, 1.165) is 28.2 Å². The third-order valence-corrected chi connectivity index (χ3v) is 5.43. The van der Waals surface area contributed by atoms with Crippen molar-refractivity contribution in [2.45, 2.75) is 12.5 Å². The molecule has 142 valence electrons. The fraction of sp³-hybridized carbons (Fsp3) is 0.136. The largest absolute Gasteiger partial charge is 0.433 e. The van der Waals surface area contributed by atoms with Gasteiger partial charge in [-0.1, -0.05) is 41.4 Å². The van der Waals surface area contributed by atoms with Gasteiger partial charge in [-0.05, 0) is 55.5 Å². The highest BCUT2D eigenvalue weighted by Crippen LogP contribution is 2.44. The number of carbonyl (C=O) groups excluding carboxylic acids is 1. The molecule has 1 amide bonds. The standard InChI is InChI=1S/C22H18Cl2N2O2/c1-22(14-6-8-15(23)9-7-14)19-13-18(25-17-5-3-4-16(24)12-17)10-11-20(19)26(2)21(27)28-22/h3-13,25H,1-2H3. The van der Waals surface area contributed by atoms with Gasteiger partial charge in [0.15, 0.2) is 5.60 Å². The molecule has 0 radical (unpaired) electrons. The van der Waals surface area contributed by atoms with Gasteiger partial charge in [0.1, 0.15) is 0 Å². The van der Waals surface area contributed by atoms with Crippen LogP contribution < -0.4 is 10.2 Å². The zero-order valence-corrected chi connectivity index (χ0v) is 16.9. The van der Waals surface area contributed by atoms with Crippen LogP contribution in [0.3, 0.4) is 0 Å². The average Bonchev–Trinajstić information content (AvgIpc) is 2.67. The molecule has 1 atom stereocenters. The van der Waals surface area contributed by atoms with E-state index < -0.39 is 11.7 Å². The number of rotatable bonds is 3. The first-order chi connectivity index (χ1) is 13.4. The molecule has 1 unspecified atom stereocenters. The van der Waals surface area contributed by atoms with Gasteiger partial charge in [-0.25, -0.2) is 4.79 Å². The lowest BCUT2D eigenvalue weighted by Crippen LogP contribution is -2.43. The van der Waals surface area contributed by atoms with Gasteiger partial charge >= 0.3 is 6.09 Å². The fourth-order valence-electron chi connectivity index (χ4n) is 3.40. The van der Waals surface area contributed by atoms with Crippen LogP contribution in [0.2, 0.25) is 10.0 Å². The summed E-state index contributed by atoms with van der Waals surface area (Å²) in [5.41, 5.74) is 3.33. The molecule has 6 heteroatoms. The normalized spacial score (nSPS) is 18.4. The number of amides is 1. The smallest absolute Gasteiger partial charge is 0.415 e. The number of benzene rings is 3. The second kappa shape index (κ2) is 7.04. The van der Waals surface area contributed by atoms with E-state index in [0.29, 0.717) is 10.0 Å². The number of ether oxygens (including phenoxy) is 1. The van der Waals surface area contributed by atoms with Gasteiger partial charge in [-0.15, -0.1) is 0 Å². The Morgan fingerprint density at radius 2 is 1.64 bits per heavy atom. The van der Waals surface area contributed by atoms with E-state index in [1.165, 1.54) is 4.90 Å². The molecule has 0 fully saturated rings. The quantitative estimate of drug-likeness (QED) is 0.527. The van der Waals surface area contributed by atoms with Crippen molar-refractivity contribution >= 4 is 46.4 Å². The van der Waals surface area contributed by atoms with E-state index in [1.807, 2.05) is 61.5 Å². The second-order valence-electron chi connectivity index (χ2n) is 6.83. The maximum absolute atomic E-state index is 12.5. The minimum Gasteiger partial charge on any atom is -0.433 e. The number of halogens is 2. The highest BCUT2D eigenvalue weighted by atomic mass is 35.5. The first-order valence-electron chi connectivity index (χ1n) is 8.77. The summed E-state index contributed by atoms with van der Waals surface area (Å²) >= 11 is 12.1. The first-order valence-corrected chi connectivity index (χ1v) is 9.52. The minimum atomic E-state index is -0.935. The van der Waals surface area contributed by atoms with Crippen molar-refractivity contribution < 1.29 is 9.53 Å². The topological polar surface area (TPSA) is 41.6 Å². The predicted octanol–water partition coefficient (Wildman–Crippen LogP) is 6.59. The number of hydrogen-bond acceptors (Lipinski definition) is 3. The lowest BCUT2D eigenvalue weighted by Gasteiger charge is -2.39. The summed E-state index contributed by atoms with van der Waals surface area (Å²) in [6.07, 6.45) is -0.402. The van der Waals surface area contributed by atoms with Gasteiger partial charge in [0.2, 0.25) is 0 Å². The Morgan fingerprint density at radius 3 is 2.36 bits per heavy atom. The predicted molar refractivity (Wildman–Crippen MR) is 114 cm³/mol. The van der Waals surface area contributed by atoms with E-state index in [-0.39, 0.29) is 0 Å². The van der Waals surface area contributed by atoms with E-state index >= 15 is 0 Å². The number of cyclic esters (lactones) is 1. The molecule has 1 N–H and O–H groups in total. The van der Waals surface area contributed by atoms with Crippen LogP contribution in [-0.4, -0.2) is 13.1 Å². The Kier molecular flexibility index (Phi) is 4.69. The molecule has 3 aromatic rings. The maximum atomic E-state index is 12.5. The molecule has 1 heterocycles. The van der Waals surface area contributed by atoms with Crippen LogP contribution in [0.5, 0.6) is 0 Å². The van der Waals surface area contributed by atoms with Crippen LogP contribution >= 0.6 is 23.2 Å². The maximum Gasteiger partial charge on any atom is 0.415 e. The van der Waals surface area contributed by atoms with Crippen molar-refractivity contribution in [2.24, 2.45) is 0 Å². The van der Waals surface area contributed by atoms with Crippen molar-refractivity contribution in [3.8, 4) is 0 Å². The van der Waals surface area contributed by atoms with Crippen molar-refractivity contribution in [3.05, 3.63) is 87.9 Å². The van der Waals surface area contributed by atoms with Crippen LogP contribution in [0.25, 0.3) is 0 Å². The van der Waals surface area contributed by atoms with Crippen LogP contribution in [0.4, 0.5) is 21.9 Å². The van der Waals surface area contributed by atoms with Gasteiger partial charge < -0.3 is 10.1 Å². The van der Waals surface area contributed by atoms with E-state index in [2.05, 4.69) is 5.32 Å². The lowest BCUT2D eigenvalue weighted by atomic mass is 9.85. The van der Waals surface area contributed by atoms with E-state index in [1.54, 1.807) is 19.2 Å². The Balaban J connectivity index is 1.81. The van der Waals surface area contributed by atoms with Crippen molar-refractivity contribution in [1.82, 2.24) is 0 Å². The van der Waals surface area contributed by atoms with Gasteiger partial charge in [-0.3, -0.25) is 4.90 Å². The molecule has 0 saturated heterocycles. The molecule has 4 rings (SSSR count). The summed E-state index contributed by atoms with van der Waals surface area (Å²) in [5, 5.41) is 4.64. The summed E-state index contributed by atoms with van der Waals surface area (Å²) in [5.74, 6) is 0. The number of fused-ring (bicyclic) bond motifs is 1. The fourth-order valence-corrected chi connectivity index (χ4v) is 3.72. The van der Waals surface area contributed by atoms with Gasteiger partial charge in [0.05, 0.1) is 5.69 Å². The Labute approximate surface area is 173 Å².